The summed E-state index contributed by atoms with van der Waals surface area (Å²) in [5.74, 6) is -1.36. The average Bonchev–Trinajstić information content (AvgIpc) is 2.35. The minimum absolute atomic E-state index is 0.0383. The third-order valence-electron chi connectivity index (χ3n) is 0.823. The molecule has 0 bridgehead atoms. The molecule has 0 aliphatic heterocycles. The molecule has 0 atom stereocenters. The molecule has 1 aromatic heterocycles. The number of hydrogen-bond acceptors (Lipinski definition) is 4. The van der Waals surface area contributed by atoms with Gasteiger partial charge in [-0.2, -0.15) is 0 Å². The van der Waals surface area contributed by atoms with Crippen LogP contribution in [0, 0.1) is 3.83 Å². The molecule has 0 amide bonds. The van der Waals surface area contributed by atoms with Crippen molar-refractivity contribution in [2.75, 3.05) is 4.61 Å². The Morgan fingerprint density at radius 3 is 2.58 bits per heavy atom. The van der Waals surface area contributed by atoms with E-state index < -0.39 is 33.3 Å². The molecule has 0 radical (unpaired) electrons. The third-order valence-corrected chi connectivity index (χ3v) is 2.28. The van der Waals surface area contributed by atoms with Crippen LogP contribution in [-0.4, -0.2) is 19.9 Å². The predicted octanol–water partition coefficient (Wildman–Crippen LogP) is -2.70. The number of aliphatic hydroxyl groups is 1. The van der Waals surface area contributed by atoms with E-state index in [0.29, 0.717) is 0 Å². The van der Waals surface area contributed by atoms with Gasteiger partial charge in [0.2, 0.25) is 0 Å². The zero-order valence-electron chi connectivity index (χ0n) is 5.47. The zero-order chi connectivity index (χ0) is 9.19. The molecule has 0 aliphatic rings. The van der Waals surface area contributed by atoms with Gasteiger partial charge in [0.05, 0.1) is 0 Å². The van der Waals surface area contributed by atoms with Crippen LogP contribution in [0.3, 0.4) is 0 Å². The molecule has 70 valence electrons. The van der Waals surface area contributed by atoms with E-state index in [-0.39, 0.29) is 8.44 Å². The van der Waals surface area contributed by atoms with Crippen LogP contribution in [0.15, 0.2) is 4.52 Å². The Kier molecular flexibility index (Phi) is 2.88. The summed E-state index contributed by atoms with van der Waals surface area (Å²) >= 11 is -0.958. The van der Waals surface area contributed by atoms with E-state index in [9.17, 15) is 13.2 Å². The first kappa shape index (κ1) is 9.71. The normalized spacial score (nSPS) is 12.3. The van der Waals surface area contributed by atoms with Gasteiger partial charge >= 0.3 is 74.7 Å². The first-order valence-electron chi connectivity index (χ1n) is 2.65. The van der Waals surface area contributed by atoms with E-state index in [0.717, 1.165) is 0 Å². The quantitative estimate of drug-likeness (QED) is 0.476. The Labute approximate surface area is 75.0 Å². The molecule has 1 N–H and O–H groups in total. The van der Waals surface area contributed by atoms with Crippen molar-refractivity contribution in [3.05, 3.63) is 9.72 Å². The van der Waals surface area contributed by atoms with Crippen molar-refractivity contribution in [1.29, 1.82) is 0 Å². The molecule has 1 rings (SSSR count). The van der Waals surface area contributed by atoms with Gasteiger partial charge in [-0.15, -0.1) is 0 Å². The van der Waals surface area contributed by atoms with E-state index in [1.165, 1.54) is 0 Å². The molecule has 0 saturated heterocycles. The maximum atomic E-state index is 11.8. The van der Waals surface area contributed by atoms with Gasteiger partial charge < -0.3 is 0 Å². The molecule has 8 heteroatoms. The average molecular weight is 295 g/mol. The summed E-state index contributed by atoms with van der Waals surface area (Å²) in [5.41, 5.74) is 0. The molecule has 1 heterocycles. The molecule has 4 nitrogen and oxygen atoms in total. The summed E-state index contributed by atoms with van der Waals surface area (Å²) in [6.07, 6.45) is -4.59. The van der Waals surface area contributed by atoms with Crippen molar-refractivity contribution < 1.29 is 44.0 Å². The third kappa shape index (κ3) is 2.30. The fourth-order valence-electron chi connectivity index (χ4n) is 0.428. The van der Waals surface area contributed by atoms with Gasteiger partial charge in [-0.1, -0.05) is 0 Å². The van der Waals surface area contributed by atoms with Gasteiger partial charge in [0.1, 0.15) is 0 Å². The minimum atomic E-state index is -4.59. The standard InChI is InChI=1S/C4H3F3IN2O2/c5-4(6,7)2-9-3(8-1-11)10-12-2/h11H,1H2/q-1. The van der Waals surface area contributed by atoms with Crippen molar-refractivity contribution in [2.24, 2.45) is 0 Å². The predicted molar refractivity (Wildman–Crippen MR) is 25.1 cm³/mol. The number of aromatic nitrogens is 2. The molecule has 12 heavy (non-hydrogen) atoms. The summed E-state index contributed by atoms with van der Waals surface area (Å²) in [6, 6.07) is 0. The molecule has 0 aliphatic carbocycles. The van der Waals surface area contributed by atoms with Crippen LogP contribution in [0.25, 0.3) is 0 Å². The van der Waals surface area contributed by atoms with Crippen LogP contribution in [0.1, 0.15) is 5.89 Å². The summed E-state index contributed by atoms with van der Waals surface area (Å²) in [4.78, 5) is 3.06. The van der Waals surface area contributed by atoms with Crippen LogP contribution >= 0.6 is 0 Å². The Morgan fingerprint density at radius 2 is 2.17 bits per heavy atom. The Morgan fingerprint density at radius 1 is 1.50 bits per heavy atom. The number of aliphatic hydroxyl groups excluding tert-OH is 1. The number of halogens is 4. The fraction of sp³-hybridized carbons (Fsp3) is 0.500. The van der Waals surface area contributed by atoms with E-state index in [4.69, 9.17) is 5.11 Å². The van der Waals surface area contributed by atoms with Crippen LogP contribution in [0.5, 0.6) is 0 Å². The monoisotopic (exact) mass is 295 g/mol. The fourth-order valence-corrected chi connectivity index (χ4v) is 1.36. The second kappa shape index (κ2) is 3.56. The van der Waals surface area contributed by atoms with E-state index in [1.54, 1.807) is 0 Å². The zero-order valence-corrected chi connectivity index (χ0v) is 7.63. The van der Waals surface area contributed by atoms with E-state index in [1.807, 2.05) is 0 Å². The SMILES string of the molecule is OC[I-]c1noc(C(F)(F)F)n1. The first-order valence-corrected chi connectivity index (χ1v) is 5.25. The van der Waals surface area contributed by atoms with Gasteiger partial charge in [0.15, 0.2) is 0 Å². The number of rotatable bonds is 2. The van der Waals surface area contributed by atoms with Gasteiger partial charge in [0.25, 0.3) is 0 Å². The van der Waals surface area contributed by atoms with Crippen LogP contribution < -0.4 is 21.2 Å². The summed E-state index contributed by atoms with van der Waals surface area (Å²) < 4.78 is 39.1. The second-order valence-corrected chi connectivity index (χ2v) is 4.03. The Balaban J connectivity index is 2.77. The molecule has 0 spiro atoms. The molecule has 0 aromatic carbocycles. The van der Waals surface area contributed by atoms with Gasteiger partial charge in [0, 0.05) is 0 Å². The molecular formula is C4H3F3IN2O2-. The Hall–Kier alpha value is -0.380. The van der Waals surface area contributed by atoms with Crippen molar-refractivity contribution in [2.45, 2.75) is 6.18 Å². The molecular weight excluding hydrogens is 292 g/mol. The summed E-state index contributed by atoms with van der Waals surface area (Å²) in [7, 11) is 0. The summed E-state index contributed by atoms with van der Waals surface area (Å²) in [5, 5.41) is 11.4. The molecule has 0 unspecified atom stereocenters. The summed E-state index contributed by atoms with van der Waals surface area (Å²) in [6.45, 7) is 0. The van der Waals surface area contributed by atoms with Crippen LogP contribution in [0.2, 0.25) is 0 Å². The van der Waals surface area contributed by atoms with Gasteiger partial charge in [-0.3, -0.25) is 0 Å². The van der Waals surface area contributed by atoms with E-state index in [2.05, 4.69) is 14.7 Å². The van der Waals surface area contributed by atoms with Crippen molar-refractivity contribution in [3.8, 4) is 0 Å². The number of nitrogens with zero attached hydrogens (tertiary/aromatic N) is 2. The Bertz CT molecular complexity index is 261. The molecule has 0 saturated carbocycles. The first-order chi connectivity index (χ1) is 5.54. The topological polar surface area (TPSA) is 59.2 Å². The second-order valence-electron chi connectivity index (χ2n) is 1.62. The van der Waals surface area contributed by atoms with Gasteiger partial charge in [-0.25, -0.2) is 0 Å². The van der Waals surface area contributed by atoms with Crippen molar-refractivity contribution in [3.63, 3.8) is 0 Å². The number of alkyl halides is 4. The van der Waals surface area contributed by atoms with Crippen LogP contribution in [0.4, 0.5) is 13.2 Å². The maximum absolute atomic E-state index is 11.8. The van der Waals surface area contributed by atoms with Crippen LogP contribution in [-0.2, 0) is 6.18 Å². The van der Waals surface area contributed by atoms with Crippen molar-refractivity contribution >= 4 is 0 Å². The van der Waals surface area contributed by atoms with Gasteiger partial charge in [-0.05, 0) is 0 Å². The van der Waals surface area contributed by atoms with Crippen molar-refractivity contribution in [1.82, 2.24) is 10.1 Å². The molecule has 1 aromatic rings. The molecule has 0 fully saturated rings. The number of hydrogen-bond donors (Lipinski definition) is 1. The van der Waals surface area contributed by atoms with E-state index >= 15 is 0 Å².